The molecule has 1 atom stereocenters. The van der Waals surface area contributed by atoms with E-state index in [0.29, 0.717) is 0 Å². The lowest BCUT2D eigenvalue weighted by Gasteiger charge is -2.11. The molecule has 0 bridgehead atoms. The molecular formula is C12H22O. The molecule has 0 aromatic rings. The van der Waals surface area contributed by atoms with Gasteiger partial charge in [0.1, 0.15) is 6.10 Å². The van der Waals surface area contributed by atoms with Crippen molar-refractivity contribution in [3.05, 3.63) is 0 Å². The van der Waals surface area contributed by atoms with Crippen LogP contribution in [0.1, 0.15) is 52.4 Å². The van der Waals surface area contributed by atoms with Crippen molar-refractivity contribution in [2.75, 3.05) is 6.61 Å². The SMILES string of the molecule is C#C[C@H](CCCCC)OCCCC. The normalized spacial score (nSPS) is 12.4. The molecule has 0 radical (unpaired) electrons. The average Bonchev–Trinajstić information content (AvgIpc) is 2.16. The van der Waals surface area contributed by atoms with Crippen molar-refractivity contribution in [3.8, 4) is 12.3 Å². The smallest absolute Gasteiger partial charge is 0.117 e. The van der Waals surface area contributed by atoms with E-state index in [1.807, 2.05) is 0 Å². The molecule has 76 valence electrons. The predicted molar refractivity (Wildman–Crippen MR) is 57.6 cm³/mol. The first-order chi connectivity index (χ1) is 6.35. The van der Waals surface area contributed by atoms with Crippen LogP contribution in [0.2, 0.25) is 0 Å². The van der Waals surface area contributed by atoms with Crippen molar-refractivity contribution in [3.63, 3.8) is 0 Å². The third-order valence-electron chi connectivity index (χ3n) is 2.07. The van der Waals surface area contributed by atoms with Gasteiger partial charge in [-0.25, -0.2) is 0 Å². The first kappa shape index (κ1) is 12.5. The third kappa shape index (κ3) is 7.87. The Morgan fingerprint density at radius 3 is 2.38 bits per heavy atom. The van der Waals surface area contributed by atoms with Gasteiger partial charge >= 0.3 is 0 Å². The molecule has 0 rings (SSSR count). The monoisotopic (exact) mass is 182 g/mol. The van der Waals surface area contributed by atoms with Gasteiger partial charge < -0.3 is 4.74 Å². The summed E-state index contributed by atoms with van der Waals surface area (Å²) in [6, 6.07) is 0. The molecule has 0 aromatic carbocycles. The van der Waals surface area contributed by atoms with Crippen molar-refractivity contribution < 1.29 is 4.74 Å². The van der Waals surface area contributed by atoms with Crippen LogP contribution in [0.5, 0.6) is 0 Å². The van der Waals surface area contributed by atoms with E-state index in [1.54, 1.807) is 0 Å². The van der Waals surface area contributed by atoms with Crippen molar-refractivity contribution in [2.24, 2.45) is 0 Å². The molecule has 1 heteroatoms. The first-order valence-electron chi connectivity index (χ1n) is 5.42. The van der Waals surface area contributed by atoms with Gasteiger partial charge in [0, 0.05) is 6.61 Å². The van der Waals surface area contributed by atoms with Gasteiger partial charge in [-0.1, -0.05) is 39.0 Å². The van der Waals surface area contributed by atoms with E-state index in [-0.39, 0.29) is 6.10 Å². The summed E-state index contributed by atoms with van der Waals surface area (Å²) in [5.41, 5.74) is 0. The second-order valence-corrected chi connectivity index (χ2v) is 3.38. The van der Waals surface area contributed by atoms with Gasteiger partial charge in [-0.3, -0.25) is 0 Å². The summed E-state index contributed by atoms with van der Waals surface area (Å²) >= 11 is 0. The molecule has 13 heavy (non-hydrogen) atoms. The maximum atomic E-state index is 5.54. The lowest BCUT2D eigenvalue weighted by atomic mass is 10.1. The molecule has 0 spiro atoms. The van der Waals surface area contributed by atoms with Gasteiger partial charge in [0.05, 0.1) is 0 Å². The maximum absolute atomic E-state index is 5.54. The molecule has 0 saturated heterocycles. The summed E-state index contributed by atoms with van der Waals surface area (Å²) in [4.78, 5) is 0. The van der Waals surface area contributed by atoms with Gasteiger partial charge in [0.15, 0.2) is 0 Å². The molecule has 0 amide bonds. The molecule has 0 aliphatic heterocycles. The number of hydrogen-bond acceptors (Lipinski definition) is 1. The molecule has 0 unspecified atom stereocenters. The van der Waals surface area contributed by atoms with E-state index in [1.165, 1.54) is 25.7 Å². The highest BCUT2D eigenvalue weighted by Gasteiger charge is 2.03. The van der Waals surface area contributed by atoms with E-state index in [9.17, 15) is 0 Å². The largest absolute Gasteiger partial charge is 0.366 e. The summed E-state index contributed by atoms with van der Waals surface area (Å²) in [5.74, 6) is 2.70. The van der Waals surface area contributed by atoms with Crippen molar-refractivity contribution in [1.29, 1.82) is 0 Å². The minimum atomic E-state index is 0.0538. The Labute approximate surface area is 82.9 Å². The van der Waals surface area contributed by atoms with Crippen LogP contribution >= 0.6 is 0 Å². The number of ether oxygens (including phenoxy) is 1. The summed E-state index contributed by atoms with van der Waals surface area (Å²) in [6.45, 7) is 5.17. The van der Waals surface area contributed by atoms with Gasteiger partial charge in [-0.2, -0.15) is 0 Å². The highest BCUT2D eigenvalue weighted by molar-refractivity contribution is 4.94. The summed E-state index contributed by atoms with van der Waals surface area (Å²) in [7, 11) is 0. The predicted octanol–water partition coefficient (Wildman–Crippen LogP) is 3.39. The fourth-order valence-corrected chi connectivity index (χ4v) is 1.16. The molecule has 0 aromatic heterocycles. The first-order valence-corrected chi connectivity index (χ1v) is 5.42. The second kappa shape index (κ2) is 9.61. The summed E-state index contributed by atoms with van der Waals surface area (Å²) in [6.07, 6.45) is 12.4. The quantitative estimate of drug-likeness (QED) is 0.413. The van der Waals surface area contributed by atoms with Gasteiger partial charge in [-0.05, 0) is 19.3 Å². The summed E-state index contributed by atoms with van der Waals surface area (Å²) < 4.78 is 5.54. The Morgan fingerprint density at radius 2 is 1.85 bits per heavy atom. The van der Waals surface area contributed by atoms with E-state index in [0.717, 1.165) is 19.4 Å². The standard InChI is InChI=1S/C12H22O/c1-4-7-9-10-12(6-3)13-11-8-5-2/h3,12H,4-5,7-11H2,1-2H3/t12-/m1/s1. The lowest BCUT2D eigenvalue weighted by Crippen LogP contribution is -2.11. The Balaban J connectivity index is 3.36. The van der Waals surface area contributed by atoms with Crippen LogP contribution < -0.4 is 0 Å². The Hall–Kier alpha value is -0.480. The topological polar surface area (TPSA) is 9.23 Å². The maximum Gasteiger partial charge on any atom is 0.117 e. The van der Waals surface area contributed by atoms with E-state index < -0.39 is 0 Å². The molecule has 0 saturated carbocycles. The molecular weight excluding hydrogens is 160 g/mol. The minimum Gasteiger partial charge on any atom is -0.366 e. The molecule has 1 nitrogen and oxygen atoms in total. The highest BCUT2D eigenvalue weighted by atomic mass is 16.5. The molecule has 0 aliphatic rings. The average molecular weight is 182 g/mol. The zero-order valence-electron chi connectivity index (χ0n) is 9.01. The Morgan fingerprint density at radius 1 is 1.15 bits per heavy atom. The zero-order valence-corrected chi connectivity index (χ0v) is 9.01. The van der Waals surface area contributed by atoms with Crippen molar-refractivity contribution in [2.45, 2.75) is 58.5 Å². The van der Waals surface area contributed by atoms with Crippen LogP contribution in [0.15, 0.2) is 0 Å². The van der Waals surface area contributed by atoms with Crippen LogP contribution in [-0.4, -0.2) is 12.7 Å². The zero-order chi connectivity index (χ0) is 9.94. The number of rotatable bonds is 8. The number of terminal acetylenes is 1. The van der Waals surface area contributed by atoms with Crippen LogP contribution in [-0.2, 0) is 4.74 Å². The lowest BCUT2D eigenvalue weighted by molar-refractivity contribution is 0.0818. The Bertz CT molecular complexity index is 125. The van der Waals surface area contributed by atoms with E-state index in [4.69, 9.17) is 11.2 Å². The van der Waals surface area contributed by atoms with Gasteiger partial charge in [0.25, 0.3) is 0 Å². The van der Waals surface area contributed by atoms with E-state index >= 15 is 0 Å². The third-order valence-corrected chi connectivity index (χ3v) is 2.07. The van der Waals surface area contributed by atoms with Gasteiger partial charge in [0.2, 0.25) is 0 Å². The molecule has 0 heterocycles. The molecule has 0 N–H and O–H groups in total. The van der Waals surface area contributed by atoms with Crippen molar-refractivity contribution >= 4 is 0 Å². The van der Waals surface area contributed by atoms with Crippen LogP contribution in [0.4, 0.5) is 0 Å². The number of hydrogen-bond donors (Lipinski definition) is 0. The summed E-state index contributed by atoms with van der Waals surface area (Å²) in [5, 5.41) is 0. The van der Waals surface area contributed by atoms with Crippen LogP contribution in [0.3, 0.4) is 0 Å². The second-order valence-electron chi connectivity index (χ2n) is 3.38. The number of unbranched alkanes of at least 4 members (excludes halogenated alkanes) is 3. The highest BCUT2D eigenvalue weighted by Crippen LogP contribution is 2.06. The van der Waals surface area contributed by atoms with Crippen LogP contribution in [0, 0.1) is 12.3 Å². The fraction of sp³-hybridized carbons (Fsp3) is 0.833. The van der Waals surface area contributed by atoms with Gasteiger partial charge in [-0.15, -0.1) is 6.42 Å². The minimum absolute atomic E-state index is 0.0538. The van der Waals surface area contributed by atoms with Crippen molar-refractivity contribution in [1.82, 2.24) is 0 Å². The molecule has 0 fully saturated rings. The van der Waals surface area contributed by atoms with E-state index in [2.05, 4.69) is 19.8 Å². The van der Waals surface area contributed by atoms with Crippen LogP contribution in [0.25, 0.3) is 0 Å². The Kier molecular flexibility index (Phi) is 9.25. The fourth-order valence-electron chi connectivity index (χ4n) is 1.16. The molecule has 0 aliphatic carbocycles.